The molecule has 0 bridgehead atoms. The van der Waals surface area contributed by atoms with Gasteiger partial charge in [-0.2, -0.15) is 0 Å². The van der Waals surface area contributed by atoms with Crippen LogP contribution in [-0.4, -0.2) is 39.5 Å². The van der Waals surface area contributed by atoms with Crippen LogP contribution < -0.4 is 10.9 Å². The van der Waals surface area contributed by atoms with Crippen molar-refractivity contribution in [2.45, 2.75) is 46.7 Å². The summed E-state index contributed by atoms with van der Waals surface area (Å²) < 4.78 is 1.53. The van der Waals surface area contributed by atoms with Crippen molar-refractivity contribution in [3.8, 4) is 5.69 Å². The van der Waals surface area contributed by atoms with Crippen molar-refractivity contribution < 1.29 is 4.79 Å². The minimum atomic E-state index is -0.159. The van der Waals surface area contributed by atoms with Gasteiger partial charge >= 0.3 is 0 Å². The monoisotopic (exact) mass is 406 g/mol. The molecule has 3 rings (SSSR count). The first-order chi connectivity index (χ1) is 14.1. The zero-order valence-corrected chi connectivity index (χ0v) is 18.6. The molecule has 0 unspecified atom stereocenters. The number of benzene rings is 2. The van der Waals surface area contributed by atoms with Crippen LogP contribution in [0.25, 0.3) is 16.6 Å². The Hall–Kier alpha value is -2.99. The summed E-state index contributed by atoms with van der Waals surface area (Å²) in [5, 5.41) is 3.36. The zero-order valence-electron chi connectivity index (χ0n) is 18.6. The van der Waals surface area contributed by atoms with E-state index in [0.29, 0.717) is 28.7 Å². The highest BCUT2D eigenvalue weighted by molar-refractivity contribution is 5.94. The maximum atomic E-state index is 13.3. The van der Waals surface area contributed by atoms with Gasteiger partial charge in [0.2, 0.25) is 0 Å². The molecule has 0 aliphatic heterocycles. The van der Waals surface area contributed by atoms with Gasteiger partial charge in [-0.3, -0.25) is 19.1 Å². The van der Waals surface area contributed by atoms with Gasteiger partial charge in [0.15, 0.2) is 0 Å². The Labute approximate surface area is 177 Å². The Morgan fingerprint density at radius 2 is 1.90 bits per heavy atom. The van der Waals surface area contributed by atoms with Crippen molar-refractivity contribution in [3.63, 3.8) is 0 Å². The smallest absolute Gasteiger partial charge is 0.265 e. The van der Waals surface area contributed by atoms with Crippen LogP contribution in [-0.2, 0) is 6.54 Å². The van der Waals surface area contributed by atoms with Gasteiger partial charge in [0.25, 0.3) is 11.5 Å². The van der Waals surface area contributed by atoms with Crippen LogP contribution in [0.15, 0.2) is 47.5 Å². The fourth-order valence-electron chi connectivity index (χ4n) is 3.22. The third kappa shape index (κ3) is 4.44. The molecule has 0 aliphatic rings. The predicted octanol–water partition coefficient (Wildman–Crippen LogP) is 3.67. The average Bonchev–Trinajstić information content (AvgIpc) is 2.69. The van der Waals surface area contributed by atoms with E-state index >= 15 is 0 Å². The van der Waals surface area contributed by atoms with Crippen LogP contribution in [0.2, 0.25) is 0 Å². The second-order valence-corrected chi connectivity index (χ2v) is 8.66. The first-order valence-electron chi connectivity index (χ1n) is 10.2. The van der Waals surface area contributed by atoms with Crippen molar-refractivity contribution in [3.05, 3.63) is 69.8 Å². The summed E-state index contributed by atoms with van der Waals surface area (Å²) in [6.07, 6.45) is 1.54. The van der Waals surface area contributed by atoms with E-state index in [1.165, 1.54) is 10.9 Å². The number of fused-ring (bicyclic) bond motifs is 1. The van der Waals surface area contributed by atoms with Crippen LogP contribution in [0.1, 0.15) is 49.2 Å². The number of aryl methyl sites for hydroxylation is 1. The number of aromatic nitrogens is 2. The van der Waals surface area contributed by atoms with E-state index in [4.69, 9.17) is 0 Å². The van der Waals surface area contributed by atoms with E-state index in [1.807, 2.05) is 38.1 Å². The van der Waals surface area contributed by atoms with Gasteiger partial charge in [-0.05, 0) is 77.1 Å². The van der Waals surface area contributed by atoms with Crippen molar-refractivity contribution >= 4 is 16.8 Å². The maximum Gasteiger partial charge on any atom is 0.265 e. The molecular formula is C24H30N4O2. The number of amides is 1. The summed E-state index contributed by atoms with van der Waals surface area (Å²) in [5.41, 5.74) is 3.69. The Morgan fingerprint density at radius 1 is 1.17 bits per heavy atom. The topological polar surface area (TPSA) is 67.2 Å². The van der Waals surface area contributed by atoms with E-state index in [2.05, 4.69) is 43.0 Å². The van der Waals surface area contributed by atoms with Gasteiger partial charge in [0.1, 0.15) is 6.33 Å². The lowest BCUT2D eigenvalue weighted by Gasteiger charge is -2.31. The summed E-state index contributed by atoms with van der Waals surface area (Å²) in [6, 6.07) is 11.2. The van der Waals surface area contributed by atoms with Gasteiger partial charge in [0, 0.05) is 24.2 Å². The molecule has 0 saturated heterocycles. The minimum absolute atomic E-state index is 0.0285. The Kier molecular flexibility index (Phi) is 6.08. The molecule has 6 heteroatoms. The summed E-state index contributed by atoms with van der Waals surface area (Å²) in [5.74, 6) is -0.159. The number of rotatable bonds is 5. The number of hydrogen-bond acceptors (Lipinski definition) is 4. The highest BCUT2D eigenvalue weighted by atomic mass is 16.1. The van der Waals surface area contributed by atoms with Gasteiger partial charge < -0.3 is 5.32 Å². The molecule has 0 atom stereocenters. The van der Waals surface area contributed by atoms with Crippen molar-refractivity contribution in [1.82, 2.24) is 19.8 Å². The van der Waals surface area contributed by atoms with Gasteiger partial charge in [-0.15, -0.1) is 0 Å². The molecule has 6 nitrogen and oxygen atoms in total. The first-order valence-corrected chi connectivity index (χ1v) is 10.2. The SMILES string of the molecule is CCNC(=O)c1ccc(C)c(-n2cnc3ccc(CN(C)C(C)(C)C)cc3c2=O)c1. The lowest BCUT2D eigenvalue weighted by Crippen LogP contribution is -2.37. The number of carbonyl (C=O) groups excluding carboxylic acids is 1. The molecule has 1 amide bonds. The van der Waals surface area contributed by atoms with Crippen LogP contribution in [0, 0.1) is 6.92 Å². The molecule has 1 N–H and O–H groups in total. The molecule has 1 aromatic heterocycles. The van der Waals surface area contributed by atoms with E-state index in [0.717, 1.165) is 17.7 Å². The number of hydrogen-bond donors (Lipinski definition) is 1. The lowest BCUT2D eigenvalue weighted by atomic mass is 10.0. The normalized spacial score (nSPS) is 11.8. The largest absolute Gasteiger partial charge is 0.352 e. The van der Waals surface area contributed by atoms with Gasteiger partial charge in [0.05, 0.1) is 16.6 Å². The Bertz CT molecular complexity index is 1140. The molecule has 1 heterocycles. The Morgan fingerprint density at radius 3 is 2.57 bits per heavy atom. The minimum Gasteiger partial charge on any atom is -0.352 e. The third-order valence-corrected chi connectivity index (χ3v) is 5.46. The van der Waals surface area contributed by atoms with Crippen molar-refractivity contribution in [1.29, 1.82) is 0 Å². The van der Waals surface area contributed by atoms with Gasteiger partial charge in [-0.25, -0.2) is 4.98 Å². The van der Waals surface area contributed by atoms with E-state index in [-0.39, 0.29) is 17.0 Å². The van der Waals surface area contributed by atoms with Crippen molar-refractivity contribution in [2.24, 2.45) is 0 Å². The van der Waals surface area contributed by atoms with Crippen LogP contribution in [0.3, 0.4) is 0 Å². The second kappa shape index (κ2) is 8.40. The van der Waals surface area contributed by atoms with E-state index in [9.17, 15) is 9.59 Å². The molecule has 0 spiro atoms. The van der Waals surface area contributed by atoms with E-state index in [1.54, 1.807) is 12.1 Å². The predicted molar refractivity (Wildman–Crippen MR) is 121 cm³/mol. The van der Waals surface area contributed by atoms with Crippen LogP contribution in [0.5, 0.6) is 0 Å². The number of carbonyl (C=O) groups is 1. The lowest BCUT2D eigenvalue weighted by molar-refractivity contribution is 0.0956. The van der Waals surface area contributed by atoms with E-state index < -0.39 is 0 Å². The Balaban J connectivity index is 2.08. The molecule has 30 heavy (non-hydrogen) atoms. The number of nitrogens with one attached hydrogen (secondary N) is 1. The molecule has 0 aliphatic carbocycles. The van der Waals surface area contributed by atoms with Crippen molar-refractivity contribution in [2.75, 3.05) is 13.6 Å². The maximum absolute atomic E-state index is 13.3. The number of nitrogens with zero attached hydrogens (tertiary/aromatic N) is 3. The molecule has 0 saturated carbocycles. The van der Waals surface area contributed by atoms with Crippen LogP contribution in [0.4, 0.5) is 0 Å². The summed E-state index contributed by atoms with van der Waals surface area (Å²) >= 11 is 0. The summed E-state index contributed by atoms with van der Waals surface area (Å²) in [6.45, 7) is 11.6. The first kappa shape index (κ1) is 21.7. The quantitative estimate of drug-likeness (QED) is 0.702. The summed E-state index contributed by atoms with van der Waals surface area (Å²) in [7, 11) is 2.07. The zero-order chi connectivity index (χ0) is 22.1. The second-order valence-electron chi connectivity index (χ2n) is 8.66. The summed E-state index contributed by atoms with van der Waals surface area (Å²) in [4.78, 5) is 32.3. The highest BCUT2D eigenvalue weighted by Crippen LogP contribution is 2.19. The fourth-order valence-corrected chi connectivity index (χ4v) is 3.22. The molecule has 2 aromatic carbocycles. The molecular weight excluding hydrogens is 376 g/mol. The molecule has 158 valence electrons. The molecule has 0 radical (unpaired) electrons. The highest BCUT2D eigenvalue weighted by Gasteiger charge is 2.18. The van der Waals surface area contributed by atoms with Crippen LogP contribution >= 0.6 is 0 Å². The molecule has 0 fully saturated rings. The average molecular weight is 407 g/mol. The van der Waals surface area contributed by atoms with Gasteiger partial charge in [-0.1, -0.05) is 12.1 Å². The fraction of sp³-hybridized carbons (Fsp3) is 0.375. The molecule has 3 aromatic rings. The third-order valence-electron chi connectivity index (χ3n) is 5.46. The standard InChI is InChI=1S/C24H30N4O2/c1-7-25-22(29)18-10-8-16(2)21(13-18)28-15-26-20-11-9-17(12-19(20)23(28)30)14-27(6)24(3,4)5/h8-13,15H,7,14H2,1-6H3,(H,25,29).